The SMILES string of the molecule is COc1ccc(S(=O)(=O)n2ccc(-c3c(-c4ccc(Cl)cc4)noc3C)n2)cc1. The number of ether oxygens (including phenoxy) is 1. The average molecular weight is 430 g/mol. The van der Waals surface area contributed by atoms with Gasteiger partial charge in [-0.2, -0.15) is 17.6 Å². The van der Waals surface area contributed by atoms with Crippen LogP contribution in [0.5, 0.6) is 5.75 Å². The smallest absolute Gasteiger partial charge is 0.282 e. The van der Waals surface area contributed by atoms with Crippen LogP contribution in [0.25, 0.3) is 22.5 Å². The first kappa shape index (κ1) is 19.2. The van der Waals surface area contributed by atoms with Gasteiger partial charge in [-0.25, -0.2) is 0 Å². The van der Waals surface area contributed by atoms with Crippen LogP contribution in [0.1, 0.15) is 5.76 Å². The molecule has 0 unspecified atom stereocenters. The highest BCUT2D eigenvalue weighted by molar-refractivity contribution is 7.89. The molecule has 0 N–H and O–H groups in total. The minimum absolute atomic E-state index is 0.105. The van der Waals surface area contributed by atoms with E-state index in [-0.39, 0.29) is 4.90 Å². The summed E-state index contributed by atoms with van der Waals surface area (Å²) in [7, 11) is -2.33. The normalized spacial score (nSPS) is 11.6. The average Bonchev–Trinajstić information content (AvgIpc) is 3.35. The van der Waals surface area contributed by atoms with Gasteiger partial charge in [0.25, 0.3) is 10.0 Å². The zero-order valence-corrected chi connectivity index (χ0v) is 17.1. The number of benzene rings is 2. The predicted molar refractivity (Wildman–Crippen MR) is 108 cm³/mol. The van der Waals surface area contributed by atoms with Crippen molar-refractivity contribution in [2.45, 2.75) is 11.8 Å². The molecule has 4 aromatic rings. The van der Waals surface area contributed by atoms with E-state index in [0.717, 1.165) is 9.65 Å². The summed E-state index contributed by atoms with van der Waals surface area (Å²) in [6, 6.07) is 14.8. The van der Waals surface area contributed by atoms with E-state index in [0.29, 0.717) is 33.5 Å². The predicted octanol–water partition coefficient (Wildman–Crippen LogP) is 4.41. The fourth-order valence-electron chi connectivity index (χ4n) is 2.91. The molecule has 0 spiro atoms. The summed E-state index contributed by atoms with van der Waals surface area (Å²) in [5.41, 5.74) is 2.40. The van der Waals surface area contributed by atoms with Gasteiger partial charge in [-0.3, -0.25) is 0 Å². The first-order valence-electron chi connectivity index (χ1n) is 8.58. The van der Waals surface area contributed by atoms with Gasteiger partial charge in [0.15, 0.2) is 0 Å². The van der Waals surface area contributed by atoms with Gasteiger partial charge in [-0.1, -0.05) is 28.9 Å². The van der Waals surface area contributed by atoms with E-state index in [1.54, 1.807) is 37.3 Å². The maximum atomic E-state index is 12.9. The Morgan fingerprint density at radius 3 is 2.38 bits per heavy atom. The zero-order chi connectivity index (χ0) is 20.6. The third-order valence-electron chi connectivity index (χ3n) is 4.41. The Balaban J connectivity index is 1.75. The van der Waals surface area contributed by atoms with Crippen LogP contribution in [0.4, 0.5) is 0 Å². The van der Waals surface area contributed by atoms with Crippen LogP contribution < -0.4 is 4.74 Å². The van der Waals surface area contributed by atoms with Crippen molar-refractivity contribution in [1.29, 1.82) is 0 Å². The molecule has 29 heavy (non-hydrogen) atoms. The van der Waals surface area contributed by atoms with Gasteiger partial charge < -0.3 is 9.26 Å². The van der Waals surface area contributed by atoms with Crippen LogP contribution >= 0.6 is 11.6 Å². The van der Waals surface area contributed by atoms with E-state index in [2.05, 4.69) is 10.3 Å². The fourth-order valence-corrected chi connectivity index (χ4v) is 4.15. The number of hydrogen-bond acceptors (Lipinski definition) is 6. The van der Waals surface area contributed by atoms with Gasteiger partial charge in [0.2, 0.25) is 0 Å². The molecule has 0 aliphatic rings. The van der Waals surface area contributed by atoms with Gasteiger partial charge >= 0.3 is 0 Å². The van der Waals surface area contributed by atoms with E-state index in [4.69, 9.17) is 20.9 Å². The number of hydrogen-bond donors (Lipinski definition) is 0. The molecule has 2 aromatic heterocycles. The number of rotatable bonds is 5. The van der Waals surface area contributed by atoms with Gasteiger partial charge in [0, 0.05) is 16.8 Å². The van der Waals surface area contributed by atoms with E-state index >= 15 is 0 Å². The molecule has 4 rings (SSSR count). The molecule has 0 amide bonds. The van der Waals surface area contributed by atoms with Crippen molar-refractivity contribution in [3.05, 3.63) is 71.6 Å². The van der Waals surface area contributed by atoms with Crippen LogP contribution in [0.2, 0.25) is 5.02 Å². The summed E-state index contributed by atoms with van der Waals surface area (Å²) in [4.78, 5) is 0.105. The Morgan fingerprint density at radius 1 is 1.03 bits per heavy atom. The molecule has 2 heterocycles. The van der Waals surface area contributed by atoms with Crippen molar-refractivity contribution in [2.24, 2.45) is 0 Å². The summed E-state index contributed by atoms with van der Waals surface area (Å²) in [6.07, 6.45) is 1.40. The highest BCUT2D eigenvalue weighted by Crippen LogP contribution is 2.34. The van der Waals surface area contributed by atoms with Crippen molar-refractivity contribution >= 4 is 21.6 Å². The number of nitrogens with zero attached hydrogens (tertiary/aromatic N) is 3. The number of methoxy groups -OCH3 is 1. The molecule has 0 atom stereocenters. The second-order valence-electron chi connectivity index (χ2n) is 6.22. The Labute approximate surface area is 172 Å². The zero-order valence-electron chi connectivity index (χ0n) is 15.5. The first-order chi connectivity index (χ1) is 13.9. The minimum Gasteiger partial charge on any atom is -0.497 e. The number of aromatic nitrogens is 3. The maximum Gasteiger partial charge on any atom is 0.282 e. The van der Waals surface area contributed by atoms with Crippen LogP contribution in [0.3, 0.4) is 0 Å². The quantitative estimate of drug-likeness (QED) is 0.467. The van der Waals surface area contributed by atoms with Gasteiger partial charge in [0.1, 0.15) is 17.2 Å². The summed E-state index contributed by atoms with van der Waals surface area (Å²) in [5.74, 6) is 1.10. The van der Waals surface area contributed by atoms with E-state index in [1.807, 2.05) is 12.1 Å². The van der Waals surface area contributed by atoms with Crippen molar-refractivity contribution in [1.82, 2.24) is 14.3 Å². The maximum absolute atomic E-state index is 12.9. The second kappa shape index (κ2) is 7.38. The van der Waals surface area contributed by atoms with Gasteiger partial charge in [-0.05, 0) is 49.4 Å². The Bertz CT molecular complexity index is 1260. The first-order valence-corrected chi connectivity index (χ1v) is 10.4. The number of aryl methyl sites for hydroxylation is 1. The lowest BCUT2D eigenvalue weighted by Crippen LogP contribution is -2.13. The molecule has 0 saturated carbocycles. The highest BCUT2D eigenvalue weighted by atomic mass is 35.5. The molecule has 0 aliphatic carbocycles. The Morgan fingerprint density at radius 2 is 1.72 bits per heavy atom. The third-order valence-corrected chi connectivity index (χ3v) is 6.22. The third kappa shape index (κ3) is 3.52. The lowest BCUT2D eigenvalue weighted by molar-refractivity contribution is 0.400. The van der Waals surface area contributed by atoms with Crippen molar-refractivity contribution in [3.8, 4) is 28.3 Å². The van der Waals surface area contributed by atoms with Crippen molar-refractivity contribution in [3.63, 3.8) is 0 Å². The molecular weight excluding hydrogens is 414 g/mol. The fraction of sp³-hybridized carbons (Fsp3) is 0.100. The van der Waals surface area contributed by atoms with Crippen LogP contribution in [0, 0.1) is 6.92 Å². The van der Waals surface area contributed by atoms with Crippen LogP contribution in [-0.4, -0.2) is 29.9 Å². The van der Waals surface area contributed by atoms with Crippen LogP contribution in [0.15, 0.2) is 70.2 Å². The molecule has 9 heteroatoms. The standard InChI is InChI=1S/C20H16ClN3O4S/c1-13-19(20(23-28-13)14-3-5-15(21)6-4-14)18-11-12-24(22-18)29(25,26)17-9-7-16(27-2)8-10-17/h3-12H,1-2H3. The lowest BCUT2D eigenvalue weighted by Gasteiger charge is -2.05. The summed E-state index contributed by atoms with van der Waals surface area (Å²) >= 11 is 5.96. The Kier molecular flexibility index (Phi) is 4.89. The molecule has 148 valence electrons. The van der Waals surface area contributed by atoms with Crippen molar-refractivity contribution < 1.29 is 17.7 Å². The summed E-state index contributed by atoms with van der Waals surface area (Å²) in [5, 5.41) is 8.99. The van der Waals surface area contributed by atoms with Crippen LogP contribution in [-0.2, 0) is 10.0 Å². The minimum atomic E-state index is -3.85. The topological polar surface area (TPSA) is 87.2 Å². The van der Waals surface area contributed by atoms with E-state index in [1.165, 1.54) is 25.4 Å². The largest absolute Gasteiger partial charge is 0.497 e. The molecule has 7 nitrogen and oxygen atoms in total. The molecule has 0 saturated heterocycles. The van der Waals surface area contributed by atoms with Gasteiger partial charge in [0.05, 0.1) is 23.3 Å². The highest BCUT2D eigenvalue weighted by Gasteiger charge is 2.23. The van der Waals surface area contributed by atoms with E-state index in [9.17, 15) is 8.42 Å². The molecule has 0 bridgehead atoms. The monoisotopic (exact) mass is 429 g/mol. The van der Waals surface area contributed by atoms with E-state index < -0.39 is 10.0 Å². The molecule has 0 fully saturated rings. The summed E-state index contributed by atoms with van der Waals surface area (Å²) in [6.45, 7) is 1.75. The lowest BCUT2D eigenvalue weighted by atomic mass is 10.0. The van der Waals surface area contributed by atoms with Crippen molar-refractivity contribution in [2.75, 3.05) is 7.11 Å². The molecule has 0 aliphatic heterocycles. The molecular formula is C20H16ClN3O4S. The number of halogens is 1. The second-order valence-corrected chi connectivity index (χ2v) is 8.46. The summed E-state index contributed by atoms with van der Waals surface area (Å²) < 4.78 is 37.1. The Hall–Kier alpha value is -3.10. The van der Waals surface area contributed by atoms with Gasteiger partial charge in [-0.15, -0.1) is 0 Å². The molecule has 2 aromatic carbocycles. The molecule has 0 radical (unpaired) electrons.